The topological polar surface area (TPSA) is 58.6 Å². The molecule has 3 rings (SSSR count). The predicted octanol–water partition coefficient (Wildman–Crippen LogP) is 2.55. The highest BCUT2D eigenvalue weighted by Crippen LogP contribution is 2.21. The summed E-state index contributed by atoms with van der Waals surface area (Å²) in [5.41, 5.74) is 4.07. The highest BCUT2D eigenvalue weighted by molar-refractivity contribution is 6.31. The Labute approximate surface area is 134 Å². The first-order valence-electron chi connectivity index (χ1n) is 7.34. The standard InChI is InChI=1S/C18H16N2O3/c1-2-23-15-10-8-13(9-11-15)12-16-17(21)19-20(18(16)22)14-6-4-3-5-7-14/h3-12H,2H2,1H3,(H,19,21). The first kappa shape index (κ1) is 14.8. The lowest BCUT2D eigenvalue weighted by Gasteiger charge is -2.13. The van der Waals surface area contributed by atoms with Crippen LogP contribution in [-0.2, 0) is 9.59 Å². The van der Waals surface area contributed by atoms with Gasteiger partial charge in [-0.05, 0) is 42.8 Å². The maximum Gasteiger partial charge on any atom is 0.282 e. The Kier molecular flexibility index (Phi) is 4.10. The van der Waals surface area contributed by atoms with Gasteiger partial charge in [-0.25, -0.2) is 5.01 Å². The summed E-state index contributed by atoms with van der Waals surface area (Å²) in [4.78, 5) is 24.5. The lowest BCUT2D eigenvalue weighted by Crippen LogP contribution is -2.35. The second-order valence-electron chi connectivity index (χ2n) is 4.98. The molecule has 1 saturated heterocycles. The number of para-hydroxylation sites is 1. The first-order chi connectivity index (χ1) is 11.2. The van der Waals surface area contributed by atoms with Gasteiger partial charge in [0, 0.05) is 0 Å². The third-order valence-electron chi connectivity index (χ3n) is 3.41. The van der Waals surface area contributed by atoms with Crippen molar-refractivity contribution in [2.24, 2.45) is 0 Å². The average Bonchev–Trinajstić information content (AvgIpc) is 2.86. The van der Waals surface area contributed by atoms with E-state index in [2.05, 4.69) is 5.43 Å². The minimum Gasteiger partial charge on any atom is -0.494 e. The van der Waals surface area contributed by atoms with Gasteiger partial charge >= 0.3 is 0 Å². The normalized spacial score (nSPS) is 15.9. The van der Waals surface area contributed by atoms with Gasteiger partial charge < -0.3 is 4.74 Å². The molecule has 116 valence electrons. The van der Waals surface area contributed by atoms with E-state index < -0.39 is 5.91 Å². The largest absolute Gasteiger partial charge is 0.494 e. The number of benzene rings is 2. The van der Waals surface area contributed by atoms with Crippen molar-refractivity contribution in [3.05, 3.63) is 65.7 Å². The molecule has 1 aliphatic heterocycles. The Balaban J connectivity index is 1.85. The number of nitrogens with one attached hydrogen (secondary N) is 1. The highest BCUT2D eigenvalue weighted by atomic mass is 16.5. The second-order valence-corrected chi connectivity index (χ2v) is 4.98. The van der Waals surface area contributed by atoms with Crippen LogP contribution >= 0.6 is 0 Å². The van der Waals surface area contributed by atoms with Gasteiger partial charge in [0.15, 0.2) is 0 Å². The minimum atomic E-state index is -0.410. The maximum atomic E-state index is 12.4. The summed E-state index contributed by atoms with van der Waals surface area (Å²) in [7, 11) is 0. The average molecular weight is 308 g/mol. The molecule has 1 fully saturated rings. The Morgan fingerprint density at radius 3 is 2.39 bits per heavy atom. The van der Waals surface area contributed by atoms with E-state index in [9.17, 15) is 9.59 Å². The predicted molar refractivity (Wildman–Crippen MR) is 87.7 cm³/mol. The number of carbonyl (C=O) groups excluding carboxylic acids is 2. The molecule has 0 saturated carbocycles. The van der Waals surface area contributed by atoms with Crippen molar-refractivity contribution in [3.63, 3.8) is 0 Å². The molecule has 0 radical (unpaired) electrons. The zero-order chi connectivity index (χ0) is 16.2. The molecule has 2 aromatic carbocycles. The molecule has 2 aromatic rings. The number of hydrazine groups is 1. The van der Waals surface area contributed by atoms with Crippen molar-refractivity contribution in [1.82, 2.24) is 5.43 Å². The Hall–Kier alpha value is -3.08. The van der Waals surface area contributed by atoms with E-state index in [0.717, 1.165) is 11.3 Å². The van der Waals surface area contributed by atoms with Crippen LogP contribution in [0, 0.1) is 0 Å². The van der Waals surface area contributed by atoms with Crippen LogP contribution in [-0.4, -0.2) is 18.4 Å². The van der Waals surface area contributed by atoms with E-state index in [4.69, 9.17) is 4.74 Å². The number of ether oxygens (including phenoxy) is 1. The number of rotatable bonds is 4. The van der Waals surface area contributed by atoms with Gasteiger partial charge in [0.25, 0.3) is 11.8 Å². The third kappa shape index (κ3) is 3.08. The van der Waals surface area contributed by atoms with Crippen molar-refractivity contribution >= 4 is 23.6 Å². The number of hydrogen-bond acceptors (Lipinski definition) is 3. The summed E-state index contributed by atoms with van der Waals surface area (Å²) in [6.45, 7) is 2.50. The Morgan fingerprint density at radius 2 is 1.74 bits per heavy atom. The van der Waals surface area contributed by atoms with Gasteiger partial charge in [-0.3, -0.25) is 15.0 Å². The Morgan fingerprint density at radius 1 is 1.04 bits per heavy atom. The van der Waals surface area contributed by atoms with Crippen molar-refractivity contribution in [2.45, 2.75) is 6.92 Å². The van der Waals surface area contributed by atoms with Crippen LogP contribution in [0.25, 0.3) is 6.08 Å². The molecule has 23 heavy (non-hydrogen) atoms. The van der Waals surface area contributed by atoms with Crippen molar-refractivity contribution in [1.29, 1.82) is 0 Å². The fraction of sp³-hybridized carbons (Fsp3) is 0.111. The molecule has 0 aliphatic carbocycles. The molecule has 2 amide bonds. The molecule has 0 bridgehead atoms. The number of amides is 2. The number of nitrogens with zero attached hydrogens (tertiary/aromatic N) is 1. The maximum absolute atomic E-state index is 12.4. The molecule has 0 unspecified atom stereocenters. The lowest BCUT2D eigenvalue weighted by atomic mass is 10.1. The van der Waals surface area contributed by atoms with E-state index in [1.54, 1.807) is 18.2 Å². The van der Waals surface area contributed by atoms with Crippen LogP contribution in [0.5, 0.6) is 5.75 Å². The van der Waals surface area contributed by atoms with Gasteiger partial charge in [0.05, 0.1) is 12.3 Å². The molecule has 0 spiro atoms. The molecule has 5 heteroatoms. The molecule has 1 aliphatic rings. The van der Waals surface area contributed by atoms with E-state index in [-0.39, 0.29) is 11.5 Å². The molecule has 5 nitrogen and oxygen atoms in total. The van der Waals surface area contributed by atoms with Crippen LogP contribution in [0.3, 0.4) is 0 Å². The van der Waals surface area contributed by atoms with E-state index in [0.29, 0.717) is 12.3 Å². The van der Waals surface area contributed by atoms with Gasteiger partial charge in [-0.1, -0.05) is 30.3 Å². The lowest BCUT2D eigenvalue weighted by molar-refractivity contribution is -0.117. The van der Waals surface area contributed by atoms with Crippen molar-refractivity contribution in [3.8, 4) is 5.75 Å². The summed E-state index contributed by atoms with van der Waals surface area (Å²) < 4.78 is 5.37. The van der Waals surface area contributed by atoms with Crippen LogP contribution in [0.15, 0.2) is 60.2 Å². The number of anilines is 1. The van der Waals surface area contributed by atoms with Gasteiger partial charge in [0.2, 0.25) is 0 Å². The van der Waals surface area contributed by atoms with Gasteiger partial charge in [0.1, 0.15) is 11.3 Å². The van der Waals surface area contributed by atoms with Crippen LogP contribution in [0.2, 0.25) is 0 Å². The first-order valence-corrected chi connectivity index (χ1v) is 7.34. The summed E-state index contributed by atoms with van der Waals surface area (Å²) in [5, 5.41) is 1.25. The fourth-order valence-electron chi connectivity index (χ4n) is 2.31. The van der Waals surface area contributed by atoms with E-state index in [1.807, 2.05) is 49.4 Å². The summed E-state index contributed by atoms with van der Waals surface area (Å²) >= 11 is 0. The third-order valence-corrected chi connectivity index (χ3v) is 3.41. The van der Waals surface area contributed by atoms with Gasteiger partial charge in [-0.15, -0.1) is 0 Å². The van der Waals surface area contributed by atoms with Crippen molar-refractivity contribution in [2.75, 3.05) is 11.6 Å². The number of carbonyl (C=O) groups is 2. The summed E-state index contributed by atoms with van der Waals surface area (Å²) in [5.74, 6) is -0.0226. The number of hydrogen-bond donors (Lipinski definition) is 1. The molecule has 1 heterocycles. The molecule has 0 aromatic heterocycles. The molecular formula is C18H16N2O3. The molecule has 0 atom stereocenters. The minimum absolute atomic E-state index is 0.109. The second kappa shape index (κ2) is 6.36. The Bertz CT molecular complexity index is 752. The molecular weight excluding hydrogens is 292 g/mol. The monoisotopic (exact) mass is 308 g/mol. The van der Waals surface area contributed by atoms with Crippen LogP contribution in [0.4, 0.5) is 5.69 Å². The van der Waals surface area contributed by atoms with E-state index in [1.165, 1.54) is 5.01 Å². The quantitative estimate of drug-likeness (QED) is 0.697. The zero-order valence-electron chi connectivity index (χ0n) is 12.7. The SMILES string of the molecule is CCOc1ccc(C=C2C(=O)NN(c3ccccc3)C2=O)cc1. The smallest absolute Gasteiger partial charge is 0.282 e. The zero-order valence-corrected chi connectivity index (χ0v) is 12.7. The van der Waals surface area contributed by atoms with Crippen LogP contribution < -0.4 is 15.2 Å². The van der Waals surface area contributed by atoms with Crippen LogP contribution in [0.1, 0.15) is 12.5 Å². The molecule has 1 N–H and O–H groups in total. The summed E-state index contributed by atoms with van der Waals surface area (Å²) in [6, 6.07) is 16.2. The van der Waals surface area contributed by atoms with Gasteiger partial charge in [-0.2, -0.15) is 0 Å². The fourth-order valence-corrected chi connectivity index (χ4v) is 2.31. The van der Waals surface area contributed by atoms with Crippen molar-refractivity contribution < 1.29 is 14.3 Å². The highest BCUT2D eigenvalue weighted by Gasteiger charge is 2.34. The van der Waals surface area contributed by atoms with E-state index >= 15 is 0 Å². The summed E-state index contributed by atoms with van der Waals surface area (Å²) in [6.07, 6.45) is 1.58.